The highest BCUT2D eigenvalue weighted by Gasteiger charge is 2.47. The number of hydrogen-bond acceptors (Lipinski definition) is 3. The lowest BCUT2D eigenvalue weighted by molar-refractivity contribution is -0.189. The van der Waals surface area contributed by atoms with Crippen LogP contribution < -0.4 is 5.32 Å². The summed E-state index contributed by atoms with van der Waals surface area (Å²) in [5.74, 6) is -1.77. The molecule has 0 bridgehead atoms. The highest BCUT2D eigenvalue weighted by molar-refractivity contribution is 9.10. The number of nitrogens with zero attached hydrogens (tertiary/aromatic N) is 1. The molecule has 8 heteroatoms. The Hall–Kier alpha value is -0.860. The van der Waals surface area contributed by atoms with E-state index in [1.54, 1.807) is 0 Å². The van der Waals surface area contributed by atoms with Crippen LogP contribution in [0.2, 0.25) is 0 Å². The molecular weight excluding hydrogens is 344 g/mol. The van der Waals surface area contributed by atoms with Crippen molar-refractivity contribution in [2.24, 2.45) is 0 Å². The number of phenols is 1. The van der Waals surface area contributed by atoms with Gasteiger partial charge >= 0.3 is 6.18 Å². The highest BCUT2D eigenvalue weighted by Crippen LogP contribution is 2.44. The molecule has 0 unspecified atom stereocenters. The molecule has 0 aliphatic carbocycles. The van der Waals surface area contributed by atoms with Crippen LogP contribution in [0, 0.1) is 5.82 Å². The molecule has 1 aliphatic heterocycles. The zero-order valence-electron chi connectivity index (χ0n) is 10.3. The first-order chi connectivity index (χ1) is 9.32. The predicted molar refractivity (Wildman–Crippen MR) is 69.0 cm³/mol. The van der Waals surface area contributed by atoms with E-state index in [-0.39, 0.29) is 17.6 Å². The summed E-state index contributed by atoms with van der Waals surface area (Å²) < 4.78 is 53.9. The van der Waals surface area contributed by atoms with Crippen molar-refractivity contribution in [2.45, 2.75) is 12.2 Å². The van der Waals surface area contributed by atoms with Crippen LogP contribution >= 0.6 is 15.9 Å². The number of phenolic OH excluding ortho intramolecular Hbond substituents is 1. The standard InChI is InChI=1S/C12H13BrF4N2O/c13-7-1-2-8(14)9(10(7)20)11(12(15,16)17)19-5-3-18-4-6-19/h1-2,11,18,20H,3-6H2/t11-/m1/s1. The normalized spacial score (nSPS) is 19.1. The van der Waals surface area contributed by atoms with Crippen LogP contribution in [-0.4, -0.2) is 42.4 Å². The number of benzene rings is 1. The van der Waals surface area contributed by atoms with Crippen molar-refractivity contribution in [3.8, 4) is 5.75 Å². The average Bonchev–Trinajstić information content (AvgIpc) is 2.39. The van der Waals surface area contributed by atoms with Crippen LogP contribution in [0.4, 0.5) is 17.6 Å². The average molecular weight is 357 g/mol. The van der Waals surface area contributed by atoms with Gasteiger partial charge in [-0.25, -0.2) is 4.39 Å². The van der Waals surface area contributed by atoms with Gasteiger partial charge in [-0.15, -0.1) is 0 Å². The van der Waals surface area contributed by atoms with Gasteiger partial charge in [0, 0.05) is 26.2 Å². The molecule has 112 valence electrons. The van der Waals surface area contributed by atoms with E-state index in [4.69, 9.17) is 0 Å². The summed E-state index contributed by atoms with van der Waals surface area (Å²) >= 11 is 2.92. The van der Waals surface area contributed by atoms with E-state index in [0.29, 0.717) is 13.1 Å². The third kappa shape index (κ3) is 3.07. The first-order valence-electron chi connectivity index (χ1n) is 6.00. The molecule has 1 atom stereocenters. The smallest absolute Gasteiger partial charge is 0.408 e. The number of rotatable bonds is 2. The molecule has 2 rings (SSSR count). The Bertz CT molecular complexity index is 489. The monoisotopic (exact) mass is 356 g/mol. The Kier molecular flexibility index (Phi) is 4.55. The Labute approximate surface area is 121 Å². The first-order valence-corrected chi connectivity index (χ1v) is 6.80. The zero-order valence-corrected chi connectivity index (χ0v) is 11.9. The summed E-state index contributed by atoms with van der Waals surface area (Å²) in [7, 11) is 0. The van der Waals surface area contributed by atoms with E-state index < -0.39 is 29.3 Å². The molecule has 0 radical (unpaired) electrons. The van der Waals surface area contributed by atoms with Gasteiger partial charge in [0.1, 0.15) is 17.6 Å². The Morgan fingerprint density at radius 2 is 1.85 bits per heavy atom. The van der Waals surface area contributed by atoms with Crippen LogP contribution in [0.3, 0.4) is 0 Å². The van der Waals surface area contributed by atoms with E-state index in [1.165, 1.54) is 6.07 Å². The maximum atomic E-state index is 13.8. The van der Waals surface area contributed by atoms with Crippen LogP contribution in [-0.2, 0) is 0 Å². The number of alkyl halides is 3. The minimum absolute atomic E-state index is 0.0401. The topological polar surface area (TPSA) is 35.5 Å². The molecule has 0 amide bonds. The van der Waals surface area contributed by atoms with E-state index in [1.807, 2.05) is 0 Å². The van der Waals surface area contributed by atoms with Gasteiger partial charge in [0.25, 0.3) is 0 Å². The molecule has 2 N–H and O–H groups in total. The van der Waals surface area contributed by atoms with Crippen molar-refractivity contribution in [3.63, 3.8) is 0 Å². The van der Waals surface area contributed by atoms with Gasteiger partial charge in [-0.2, -0.15) is 13.2 Å². The molecule has 0 saturated carbocycles. The quantitative estimate of drug-likeness (QED) is 0.800. The van der Waals surface area contributed by atoms with Gasteiger partial charge < -0.3 is 10.4 Å². The predicted octanol–water partition coefficient (Wildman–Crippen LogP) is 2.80. The van der Waals surface area contributed by atoms with E-state index in [9.17, 15) is 22.7 Å². The van der Waals surface area contributed by atoms with Gasteiger partial charge in [-0.3, -0.25) is 4.90 Å². The molecule has 20 heavy (non-hydrogen) atoms. The third-order valence-corrected chi connectivity index (χ3v) is 3.85. The Balaban J connectivity index is 2.49. The van der Waals surface area contributed by atoms with Crippen LogP contribution in [0.5, 0.6) is 5.75 Å². The van der Waals surface area contributed by atoms with Crippen molar-refractivity contribution >= 4 is 15.9 Å². The number of piperazine rings is 1. The molecular formula is C12H13BrF4N2O. The van der Waals surface area contributed by atoms with Crippen LogP contribution in [0.1, 0.15) is 11.6 Å². The second kappa shape index (κ2) is 5.87. The zero-order chi connectivity index (χ0) is 14.9. The molecule has 0 aromatic heterocycles. The minimum atomic E-state index is -4.67. The molecule has 1 saturated heterocycles. The van der Waals surface area contributed by atoms with Gasteiger partial charge in [0.2, 0.25) is 0 Å². The number of halogens is 5. The fourth-order valence-corrected chi connectivity index (χ4v) is 2.66. The van der Waals surface area contributed by atoms with Crippen molar-refractivity contribution in [1.82, 2.24) is 10.2 Å². The van der Waals surface area contributed by atoms with Gasteiger partial charge in [0.15, 0.2) is 0 Å². The lowest BCUT2D eigenvalue weighted by Crippen LogP contribution is -2.49. The van der Waals surface area contributed by atoms with E-state index in [0.717, 1.165) is 11.0 Å². The minimum Gasteiger partial charge on any atom is -0.506 e. The van der Waals surface area contributed by atoms with Crippen molar-refractivity contribution in [3.05, 3.63) is 28.0 Å². The van der Waals surface area contributed by atoms with E-state index >= 15 is 0 Å². The van der Waals surface area contributed by atoms with Gasteiger partial charge in [0.05, 0.1) is 10.0 Å². The maximum absolute atomic E-state index is 13.8. The summed E-state index contributed by atoms with van der Waals surface area (Å²) in [5.41, 5.74) is -0.728. The lowest BCUT2D eigenvalue weighted by Gasteiger charge is -2.36. The van der Waals surface area contributed by atoms with Crippen molar-refractivity contribution in [2.75, 3.05) is 26.2 Å². The summed E-state index contributed by atoms with van der Waals surface area (Å²) in [4.78, 5) is 1.13. The number of nitrogens with one attached hydrogen (secondary N) is 1. The molecule has 1 fully saturated rings. The summed E-state index contributed by atoms with van der Waals surface area (Å²) in [5, 5.41) is 12.8. The summed E-state index contributed by atoms with van der Waals surface area (Å²) in [6, 6.07) is -0.0542. The molecule has 1 aromatic carbocycles. The second-order valence-corrected chi connectivity index (χ2v) is 5.38. The lowest BCUT2D eigenvalue weighted by atomic mass is 10.0. The van der Waals surface area contributed by atoms with Gasteiger partial charge in [-0.1, -0.05) is 0 Å². The van der Waals surface area contributed by atoms with Crippen molar-refractivity contribution in [1.29, 1.82) is 0 Å². The van der Waals surface area contributed by atoms with Crippen molar-refractivity contribution < 1.29 is 22.7 Å². The maximum Gasteiger partial charge on any atom is 0.408 e. The number of hydrogen-bond donors (Lipinski definition) is 2. The highest BCUT2D eigenvalue weighted by atomic mass is 79.9. The van der Waals surface area contributed by atoms with Gasteiger partial charge in [-0.05, 0) is 28.1 Å². The fourth-order valence-electron chi connectivity index (χ4n) is 2.31. The number of aromatic hydroxyl groups is 1. The first kappa shape index (κ1) is 15.5. The molecule has 1 aliphatic rings. The molecule has 1 aromatic rings. The molecule has 0 spiro atoms. The molecule has 3 nitrogen and oxygen atoms in total. The second-order valence-electron chi connectivity index (χ2n) is 4.52. The van der Waals surface area contributed by atoms with Crippen LogP contribution in [0.25, 0.3) is 0 Å². The van der Waals surface area contributed by atoms with Crippen LogP contribution in [0.15, 0.2) is 16.6 Å². The van der Waals surface area contributed by atoms with E-state index in [2.05, 4.69) is 21.2 Å². The summed E-state index contributed by atoms with van der Waals surface area (Å²) in [6.07, 6.45) is -4.67. The molecule has 1 heterocycles. The largest absolute Gasteiger partial charge is 0.506 e. The Morgan fingerprint density at radius 1 is 1.25 bits per heavy atom. The third-order valence-electron chi connectivity index (χ3n) is 3.21. The Morgan fingerprint density at radius 3 is 2.40 bits per heavy atom. The SMILES string of the molecule is Oc1c(Br)ccc(F)c1[C@@H](N1CCNCC1)C(F)(F)F. The summed E-state index contributed by atoms with van der Waals surface area (Å²) in [6.45, 7) is 1.05. The fraction of sp³-hybridized carbons (Fsp3) is 0.500.